The van der Waals surface area contributed by atoms with E-state index in [1.165, 1.54) is 5.56 Å². The molecule has 0 amide bonds. The Morgan fingerprint density at radius 3 is 2.24 bits per heavy atom. The van der Waals surface area contributed by atoms with E-state index in [2.05, 4.69) is 18.8 Å². The van der Waals surface area contributed by atoms with Crippen LogP contribution in [0.15, 0.2) is 46.3 Å². The first-order valence-corrected chi connectivity index (χ1v) is 7.20. The van der Waals surface area contributed by atoms with Gasteiger partial charge in [-0.15, -0.1) is 0 Å². The highest BCUT2D eigenvalue weighted by molar-refractivity contribution is 7.99. The molecule has 0 aliphatic carbocycles. The maximum Gasteiger partial charge on any atom is 0.416 e. The number of anilines is 1. The molecule has 2 N–H and O–H groups in total. The number of halogens is 3. The summed E-state index contributed by atoms with van der Waals surface area (Å²) in [6.45, 7) is 4.16. The number of alkyl halides is 3. The SMILES string of the molecule is CC(C)c1ccc(Sc2cc(C(F)(F)F)cc(N)n2)cc1. The summed E-state index contributed by atoms with van der Waals surface area (Å²) in [6.07, 6.45) is -4.42. The van der Waals surface area contributed by atoms with Crippen molar-refractivity contribution in [3.63, 3.8) is 0 Å². The second-order valence-corrected chi connectivity index (χ2v) is 6.04. The number of nitrogen functional groups attached to an aromatic ring is 1. The standard InChI is InChI=1S/C15H15F3N2S/c1-9(2)10-3-5-12(6-4-10)21-14-8-11(15(16,17)18)7-13(19)20-14/h3-9H,1-2H3,(H2,19,20). The maximum absolute atomic E-state index is 12.7. The van der Waals surface area contributed by atoms with Crippen molar-refractivity contribution in [3.05, 3.63) is 47.5 Å². The molecule has 21 heavy (non-hydrogen) atoms. The lowest BCUT2D eigenvalue weighted by Gasteiger charge is -2.10. The fourth-order valence-electron chi connectivity index (χ4n) is 1.78. The highest BCUT2D eigenvalue weighted by Gasteiger charge is 2.31. The predicted octanol–water partition coefficient (Wildman–Crippen LogP) is 4.96. The minimum atomic E-state index is -4.42. The number of rotatable bonds is 3. The first-order valence-electron chi connectivity index (χ1n) is 6.38. The van der Waals surface area contributed by atoms with Gasteiger partial charge in [0.2, 0.25) is 0 Å². The zero-order valence-electron chi connectivity index (χ0n) is 11.6. The number of pyridine rings is 1. The number of aromatic nitrogens is 1. The molecule has 1 aromatic heterocycles. The molecule has 0 bridgehead atoms. The van der Waals surface area contributed by atoms with Crippen LogP contribution in [0, 0.1) is 0 Å². The van der Waals surface area contributed by atoms with Crippen LogP contribution in [0.1, 0.15) is 30.9 Å². The average molecular weight is 312 g/mol. The van der Waals surface area contributed by atoms with Gasteiger partial charge in [0.05, 0.1) is 5.56 Å². The van der Waals surface area contributed by atoms with E-state index in [-0.39, 0.29) is 10.8 Å². The zero-order chi connectivity index (χ0) is 15.6. The van der Waals surface area contributed by atoms with Gasteiger partial charge >= 0.3 is 6.18 Å². The van der Waals surface area contributed by atoms with E-state index in [1.807, 2.05) is 24.3 Å². The van der Waals surface area contributed by atoms with E-state index in [1.54, 1.807) is 0 Å². The summed E-state index contributed by atoms with van der Waals surface area (Å²) in [6, 6.07) is 9.52. The highest BCUT2D eigenvalue weighted by Crippen LogP contribution is 2.34. The Hall–Kier alpha value is -1.69. The van der Waals surface area contributed by atoms with Gasteiger partial charge in [-0.3, -0.25) is 0 Å². The Balaban J connectivity index is 2.25. The highest BCUT2D eigenvalue weighted by atomic mass is 32.2. The maximum atomic E-state index is 12.7. The molecule has 1 aromatic carbocycles. The molecule has 0 radical (unpaired) electrons. The minimum absolute atomic E-state index is 0.133. The molecule has 112 valence electrons. The van der Waals surface area contributed by atoms with Crippen molar-refractivity contribution in [2.24, 2.45) is 0 Å². The third kappa shape index (κ3) is 4.14. The summed E-state index contributed by atoms with van der Waals surface area (Å²) in [7, 11) is 0. The zero-order valence-corrected chi connectivity index (χ0v) is 12.4. The lowest BCUT2D eigenvalue weighted by Crippen LogP contribution is -2.07. The van der Waals surface area contributed by atoms with E-state index in [0.717, 1.165) is 28.8 Å². The first-order chi connectivity index (χ1) is 9.75. The van der Waals surface area contributed by atoms with E-state index >= 15 is 0 Å². The molecule has 0 spiro atoms. The number of benzene rings is 1. The molecule has 0 fully saturated rings. The van der Waals surface area contributed by atoms with Gasteiger partial charge in [-0.1, -0.05) is 37.7 Å². The second kappa shape index (κ2) is 5.97. The van der Waals surface area contributed by atoms with E-state index in [9.17, 15) is 13.2 Å². The summed E-state index contributed by atoms with van der Waals surface area (Å²) >= 11 is 1.16. The van der Waals surface area contributed by atoms with Crippen LogP contribution in [0.2, 0.25) is 0 Å². The third-order valence-corrected chi connectivity index (χ3v) is 3.84. The van der Waals surface area contributed by atoms with Gasteiger partial charge in [0.1, 0.15) is 10.8 Å². The normalized spacial score (nSPS) is 11.9. The summed E-state index contributed by atoms with van der Waals surface area (Å²) in [5.41, 5.74) is 5.84. The van der Waals surface area contributed by atoms with Crippen LogP contribution in [0.25, 0.3) is 0 Å². The lowest BCUT2D eigenvalue weighted by atomic mass is 10.0. The van der Waals surface area contributed by atoms with Crippen LogP contribution in [0.5, 0.6) is 0 Å². The van der Waals surface area contributed by atoms with Crippen LogP contribution in [-0.4, -0.2) is 4.98 Å². The Bertz CT molecular complexity index is 622. The third-order valence-electron chi connectivity index (χ3n) is 2.92. The topological polar surface area (TPSA) is 38.9 Å². The number of hydrogen-bond donors (Lipinski definition) is 1. The van der Waals surface area contributed by atoms with Crippen LogP contribution in [0.4, 0.5) is 19.0 Å². The summed E-state index contributed by atoms with van der Waals surface area (Å²) in [5.74, 6) is 0.275. The first kappa shape index (κ1) is 15.7. The van der Waals surface area contributed by atoms with Crippen LogP contribution in [0.3, 0.4) is 0 Å². The molecule has 0 saturated carbocycles. The Kier molecular flexibility index (Phi) is 4.46. The molecule has 6 heteroatoms. The Morgan fingerprint density at radius 2 is 1.71 bits per heavy atom. The molecule has 0 unspecified atom stereocenters. The van der Waals surface area contributed by atoms with Crippen molar-refractivity contribution in [2.45, 2.75) is 35.9 Å². The molecular weight excluding hydrogens is 297 g/mol. The number of hydrogen-bond acceptors (Lipinski definition) is 3. The molecule has 1 heterocycles. The Morgan fingerprint density at radius 1 is 1.10 bits per heavy atom. The minimum Gasteiger partial charge on any atom is -0.384 e. The molecule has 2 rings (SSSR count). The molecule has 0 atom stereocenters. The van der Waals surface area contributed by atoms with Gasteiger partial charge in [-0.25, -0.2) is 4.98 Å². The van der Waals surface area contributed by atoms with Crippen molar-refractivity contribution in [1.29, 1.82) is 0 Å². The number of nitrogens with two attached hydrogens (primary N) is 1. The second-order valence-electron chi connectivity index (χ2n) is 4.94. The summed E-state index contributed by atoms with van der Waals surface area (Å²) in [5, 5.41) is 0.236. The summed E-state index contributed by atoms with van der Waals surface area (Å²) < 4.78 is 38.2. The van der Waals surface area contributed by atoms with Crippen molar-refractivity contribution >= 4 is 17.6 Å². The average Bonchev–Trinajstić information content (AvgIpc) is 2.37. The molecule has 2 aromatic rings. The quantitative estimate of drug-likeness (QED) is 0.871. The van der Waals surface area contributed by atoms with Gasteiger partial charge in [0.25, 0.3) is 0 Å². The van der Waals surface area contributed by atoms with Crippen molar-refractivity contribution in [3.8, 4) is 0 Å². The van der Waals surface area contributed by atoms with Crippen LogP contribution in [-0.2, 0) is 6.18 Å². The molecule has 2 nitrogen and oxygen atoms in total. The predicted molar refractivity (Wildman–Crippen MR) is 78.3 cm³/mol. The summed E-state index contributed by atoms with van der Waals surface area (Å²) in [4.78, 5) is 4.77. The number of nitrogens with zero attached hydrogens (tertiary/aromatic N) is 1. The molecule has 0 aliphatic heterocycles. The van der Waals surface area contributed by atoms with Crippen molar-refractivity contribution in [2.75, 3.05) is 5.73 Å². The van der Waals surface area contributed by atoms with E-state index in [0.29, 0.717) is 5.92 Å². The van der Waals surface area contributed by atoms with Gasteiger partial charge < -0.3 is 5.73 Å². The lowest BCUT2D eigenvalue weighted by molar-refractivity contribution is -0.137. The largest absolute Gasteiger partial charge is 0.416 e. The van der Waals surface area contributed by atoms with Crippen LogP contribution < -0.4 is 5.73 Å². The molecule has 0 saturated heterocycles. The van der Waals surface area contributed by atoms with Gasteiger partial charge in [0.15, 0.2) is 0 Å². The van der Waals surface area contributed by atoms with Gasteiger partial charge in [-0.2, -0.15) is 13.2 Å². The van der Waals surface area contributed by atoms with Crippen molar-refractivity contribution in [1.82, 2.24) is 4.98 Å². The van der Waals surface area contributed by atoms with Crippen molar-refractivity contribution < 1.29 is 13.2 Å². The molecular formula is C15H15F3N2S. The van der Waals surface area contributed by atoms with Gasteiger partial charge in [0, 0.05) is 4.90 Å². The monoisotopic (exact) mass is 312 g/mol. The van der Waals surface area contributed by atoms with E-state index < -0.39 is 11.7 Å². The fourth-order valence-corrected chi connectivity index (χ4v) is 2.63. The van der Waals surface area contributed by atoms with Crippen LogP contribution >= 0.6 is 11.8 Å². The smallest absolute Gasteiger partial charge is 0.384 e. The molecule has 0 aliphatic rings. The Labute approximate surface area is 125 Å². The fraction of sp³-hybridized carbons (Fsp3) is 0.267. The van der Waals surface area contributed by atoms with E-state index in [4.69, 9.17) is 5.73 Å². The van der Waals surface area contributed by atoms with Gasteiger partial charge in [-0.05, 0) is 35.7 Å².